The summed E-state index contributed by atoms with van der Waals surface area (Å²) in [6.07, 6.45) is 5.86. The number of amides is 1. The number of aliphatic hydroxyl groups is 4. The highest BCUT2D eigenvalue weighted by atomic mass is 16.6. The van der Waals surface area contributed by atoms with E-state index in [1.54, 1.807) is 31.2 Å². The van der Waals surface area contributed by atoms with Crippen molar-refractivity contribution >= 4 is 12.1 Å². The van der Waals surface area contributed by atoms with E-state index < -0.39 is 60.5 Å². The molecule has 1 aliphatic heterocycles. The van der Waals surface area contributed by atoms with Crippen LogP contribution >= 0.6 is 0 Å². The van der Waals surface area contributed by atoms with Crippen molar-refractivity contribution in [1.29, 1.82) is 0 Å². The van der Waals surface area contributed by atoms with Gasteiger partial charge in [0.1, 0.15) is 12.2 Å². The average molecular weight is 594 g/mol. The summed E-state index contributed by atoms with van der Waals surface area (Å²) in [5.74, 6) is -2.33. The summed E-state index contributed by atoms with van der Waals surface area (Å²) in [5.41, 5.74) is 6.23. The Morgan fingerprint density at radius 2 is 1.67 bits per heavy atom. The molecule has 1 saturated heterocycles. The van der Waals surface area contributed by atoms with E-state index in [1.807, 2.05) is 60.6 Å². The first-order valence-corrected chi connectivity index (χ1v) is 15.0. The summed E-state index contributed by atoms with van der Waals surface area (Å²) in [5, 5.41) is 42.8. The van der Waals surface area contributed by atoms with E-state index in [9.17, 15) is 30.0 Å². The maximum atomic E-state index is 12.0. The predicted octanol–water partition coefficient (Wildman–Crippen LogP) is 4.30. The summed E-state index contributed by atoms with van der Waals surface area (Å²) in [6, 6.07) is 0. The molecular formula is C33H55NO8. The molecule has 9 nitrogen and oxygen atoms in total. The van der Waals surface area contributed by atoms with Gasteiger partial charge in [-0.25, -0.2) is 4.79 Å². The second-order valence-corrected chi connectivity index (χ2v) is 12.5. The molecule has 0 aromatic carbocycles. The molecular weight excluding hydrogens is 538 g/mol. The van der Waals surface area contributed by atoms with Gasteiger partial charge in [0.15, 0.2) is 0 Å². The van der Waals surface area contributed by atoms with E-state index in [2.05, 4.69) is 6.58 Å². The zero-order chi connectivity index (χ0) is 32.3. The highest BCUT2D eigenvalue weighted by Gasteiger charge is 2.40. The molecule has 0 aliphatic carbocycles. The van der Waals surface area contributed by atoms with Gasteiger partial charge in [-0.2, -0.15) is 0 Å². The largest absolute Gasteiger partial charge is 0.462 e. The number of ether oxygens (including phenoxy) is 2. The first-order valence-electron chi connectivity index (χ1n) is 15.0. The molecule has 6 N–H and O–H groups in total. The molecule has 9 heteroatoms. The van der Waals surface area contributed by atoms with E-state index in [4.69, 9.17) is 15.2 Å². The Morgan fingerprint density at radius 3 is 2.24 bits per heavy atom. The Labute approximate surface area is 252 Å². The van der Waals surface area contributed by atoms with Crippen LogP contribution in [0.4, 0.5) is 4.79 Å². The fraction of sp³-hybridized carbons (Fsp3) is 0.697. The molecule has 0 radical (unpaired) electrons. The van der Waals surface area contributed by atoms with Crippen molar-refractivity contribution in [3.05, 3.63) is 48.6 Å². The first kappa shape index (κ1) is 37.6. The van der Waals surface area contributed by atoms with E-state index >= 15 is 0 Å². The third kappa shape index (κ3) is 11.3. The quantitative estimate of drug-likeness (QED) is 0.101. The van der Waals surface area contributed by atoms with Crippen LogP contribution in [0.1, 0.15) is 68.2 Å². The van der Waals surface area contributed by atoms with Crippen LogP contribution in [-0.4, -0.2) is 69.1 Å². The first-order chi connectivity index (χ1) is 19.5. The van der Waals surface area contributed by atoms with Crippen LogP contribution in [0.25, 0.3) is 0 Å². The molecule has 1 fully saturated rings. The number of carbonyl (C=O) groups excluding carboxylic acids is 2. The van der Waals surface area contributed by atoms with Crippen molar-refractivity contribution in [2.45, 2.75) is 105 Å². The average Bonchev–Trinajstić information content (AvgIpc) is 2.93. The number of carbonyl (C=O) groups is 2. The molecule has 1 heterocycles. The number of esters is 1. The second kappa shape index (κ2) is 17.6. The molecule has 1 rings (SSSR count). The van der Waals surface area contributed by atoms with Crippen LogP contribution in [0.3, 0.4) is 0 Å². The van der Waals surface area contributed by atoms with Gasteiger partial charge in [0.2, 0.25) is 0 Å². The van der Waals surface area contributed by atoms with Gasteiger partial charge >= 0.3 is 12.1 Å². The summed E-state index contributed by atoms with van der Waals surface area (Å²) in [4.78, 5) is 23.5. The number of allylic oxidation sites excluding steroid dienone is 4. The maximum absolute atomic E-state index is 12.0. The van der Waals surface area contributed by atoms with Gasteiger partial charge in [-0.3, -0.25) is 4.79 Å². The van der Waals surface area contributed by atoms with Crippen LogP contribution in [-0.2, 0) is 14.3 Å². The lowest BCUT2D eigenvalue weighted by Crippen LogP contribution is -2.47. The van der Waals surface area contributed by atoms with Crippen molar-refractivity contribution in [2.75, 3.05) is 0 Å². The lowest BCUT2D eigenvalue weighted by Gasteiger charge is -2.37. The third-order valence-corrected chi connectivity index (χ3v) is 8.56. The summed E-state index contributed by atoms with van der Waals surface area (Å²) >= 11 is 0. The molecule has 1 amide bonds. The van der Waals surface area contributed by atoms with Crippen molar-refractivity contribution in [3.63, 3.8) is 0 Å². The highest BCUT2D eigenvalue weighted by molar-refractivity contribution is 5.73. The zero-order valence-corrected chi connectivity index (χ0v) is 26.6. The molecule has 42 heavy (non-hydrogen) atoms. The number of rotatable bonds is 16. The van der Waals surface area contributed by atoms with Gasteiger partial charge in [0.25, 0.3) is 0 Å². The topological polar surface area (TPSA) is 160 Å². The van der Waals surface area contributed by atoms with Crippen LogP contribution < -0.4 is 5.73 Å². The summed E-state index contributed by atoms with van der Waals surface area (Å²) in [7, 11) is 0. The molecule has 1 aliphatic rings. The van der Waals surface area contributed by atoms with Crippen LogP contribution in [0.2, 0.25) is 0 Å². The summed E-state index contributed by atoms with van der Waals surface area (Å²) in [6.45, 7) is 18.4. The smallest absolute Gasteiger partial charge is 0.404 e. The van der Waals surface area contributed by atoms with Gasteiger partial charge in [-0.05, 0) is 38.5 Å². The molecule has 0 aromatic heterocycles. The molecule has 0 saturated carbocycles. The van der Waals surface area contributed by atoms with Crippen molar-refractivity contribution in [2.24, 2.45) is 47.2 Å². The number of hydrogen-bond acceptors (Lipinski definition) is 8. The molecule has 13 atom stereocenters. The Hall–Kier alpha value is -2.46. The minimum absolute atomic E-state index is 0.0537. The fourth-order valence-corrected chi connectivity index (χ4v) is 5.76. The number of nitrogens with two attached hydrogens (primary N) is 1. The second-order valence-electron chi connectivity index (χ2n) is 12.5. The fourth-order valence-electron chi connectivity index (χ4n) is 5.76. The molecule has 1 unspecified atom stereocenters. The standard InChI is InChI=1S/C33H55NO8/c1-10-11-12-20(4)31(42-33(34)40)24(8)28(36)21(5)15-19(3)16-22(6)29(37)26(35)14-13-18(2)17-27-23(7)30(38)25(9)32(39)41-27/h10-14,16,18,20-31,35-38H,1,15,17H2,2-9H3,(H2,34,40)/t18-,20+,21+,22+,23+,24+,25-,26+,27?,28-,29-,30+,31+/m1/s1. The predicted molar refractivity (Wildman–Crippen MR) is 164 cm³/mol. The molecule has 0 bridgehead atoms. The number of primary amides is 1. The highest BCUT2D eigenvalue weighted by Crippen LogP contribution is 2.31. The van der Waals surface area contributed by atoms with Gasteiger partial charge in [-0.1, -0.05) is 90.2 Å². The van der Waals surface area contributed by atoms with Crippen LogP contribution in [0.15, 0.2) is 48.6 Å². The zero-order valence-electron chi connectivity index (χ0n) is 26.6. The third-order valence-electron chi connectivity index (χ3n) is 8.56. The Morgan fingerprint density at radius 1 is 1.05 bits per heavy atom. The number of cyclic esters (lactones) is 1. The minimum Gasteiger partial charge on any atom is -0.462 e. The number of hydrogen-bond donors (Lipinski definition) is 5. The Bertz CT molecular complexity index is 962. The maximum Gasteiger partial charge on any atom is 0.404 e. The number of aliphatic hydroxyl groups excluding tert-OH is 4. The van der Waals surface area contributed by atoms with Gasteiger partial charge in [0, 0.05) is 23.7 Å². The van der Waals surface area contributed by atoms with Crippen LogP contribution in [0, 0.1) is 41.4 Å². The minimum atomic E-state index is -1.11. The molecule has 0 aromatic rings. The normalized spacial score (nSPS) is 28.3. The Kier molecular flexibility index (Phi) is 15.7. The van der Waals surface area contributed by atoms with Crippen LogP contribution in [0.5, 0.6) is 0 Å². The van der Waals surface area contributed by atoms with Crippen molar-refractivity contribution in [1.82, 2.24) is 0 Å². The molecule has 0 spiro atoms. The van der Waals surface area contributed by atoms with Gasteiger partial charge in [-0.15, -0.1) is 0 Å². The van der Waals surface area contributed by atoms with Crippen molar-refractivity contribution < 1.29 is 39.5 Å². The lowest BCUT2D eigenvalue weighted by atomic mass is 9.81. The molecule has 240 valence electrons. The van der Waals surface area contributed by atoms with E-state index in [-0.39, 0.29) is 29.6 Å². The monoisotopic (exact) mass is 593 g/mol. The van der Waals surface area contributed by atoms with E-state index in [0.29, 0.717) is 12.8 Å². The van der Waals surface area contributed by atoms with Crippen molar-refractivity contribution in [3.8, 4) is 0 Å². The van der Waals surface area contributed by atoms with Gasteiger partial charge in [0.05, 0.1) is 30.3 Å². The summed E-state index contributed by atoms with van der Waals surface area (Å²) < 4.78 is 10.9. The SMILES string of the molecule is C=CC=C[C@H](C)[C@H](OC(N)=O)[C@@H](C)[C@H](O)[C@@H](C)CC(C)=C[C@H](C)[C@@H](O)[C@@H](O)C=C[C@@H](C)CC1OC(=O)[C@H](C)[C@@H](O)[C@H]1C. The lowest BCUT2D eigenvalue weighted by molar-refractivity contribution is -0.178. The van der Waals surface area contributed by atoms with Gasteiger partial charge < -0.3 is 35.6 Å². The Balaban J connectivity index is 2.76. The van der Waals surface area contributed by atoms with E-state index in [1.165, 1.54) is 0 Å². The van der Waals surface area contributed by atoms with E-state index in [0.717, 1.165) is 5.57 Å².